The fourth-order valence-corrected chi connectivity index (χ4v) is 1.77. The van der Waals surface area contributed by atoms with E-state index in [9.17, 15) is 18.3 Å². The molecule has 0 heterocycles. The monoisotopic (exact) mass is 278 g/mol. The molecule has 108 valence electrons. The van der Waals surface area contributed by atoms with Crippen LogP contribution >= 0.6 is 0 Å². The van der Waals surface area contributed by atoms with Crippen LogP contribution in [0, 0.1) is 13.8 Å². The number of methoxy groups -OCH3 is 1. The van der Waals surface area contributed by atoms with Crippen molar-refractivity contribution in [3.63, 3.8) is 0 Å². The first-order valence-electron chi connectivity index (χ1n) is 5.72. The Hall–Kier alpha value is -1.27. The molecule has 0 aliphatic carbocycles. The number of halogens is 3. The second-order valence-electron chi connectivity index (χ2n) is 4.32. The highest BCUT2D eigenvalue weighted by Gasteiger charge is 2.28. The molecule has 1 aromatic carbocycles. The third-order valence-electron chi connectivity index (χ3n) is 2.68. The number of benzene rings is 1. The fraction of sp³-hybridized carbons (Fsp3) is 0.538. The molecule has 1 rings (SSSR count). The van der Waals surface area contributed by atoms with E-state index >= 15 is 0 Å². The molecule has 0 radical (unpaired) electrons. The summed E-state index contributed by atoms with van der Waals surface area (Å²) in [6.07, 6.45) is -5.48. The third kappa shape index (κ3) is 4.72. The topological polar surface area (TPSA) is 38.7 Å². The van der Waals surface area contributed by atoms with Crippen LogP contribution < -0.4 is 4.74 Å². The lowest BCUT2D eigenvalue weighted by Gasteiger charge is -2.17. The second-order valence-corrected chi connectivity index (χ2v) is 4.32. The quantitative estimate of drug-likeness (QED) is 0.900. The predicted octanol–water partition coefficient (Wildman–Crippen LogP) is 2.92. The standard InChI is InChI=1S/C13H17F3O3/c1-8-5-12(18-3)9(2)4-10(8)11(17)6-19-7-13(14,15)16/h4-5,11,17H,6-7H2,1-3H3. The predicted molar refractivity (Wildman–Crippen MR) is 64.3 cm³/mol. The molecular formula is C13H17F3O3. The number of alkyl halides is 3. The molecule has 1 aromatic rings. The number of rotatable bonds is 5. The molecular weight excluding hydrogens is 261 g/mol. The third-order valence-corrected chi connectivity index (χ3v) is 2.68. The molecule has 0 spiro atoms. The summed E-state index contributed by atoms with van der Waals surface area (Å²) in [7, 11) is 1.53. The molecule has 1 unspecified atom stereocenters. The van der Waals surface area contributed by atoms with Crippen LogP contribution in [-0.4, -0.2) is 31.6 Å². The van der Waals surface area contributed by atoms with Crippen molar-refractivity contribution in [3.05, 3.63) is 28.8 Å². The van der Waals surface area contributed by atoms with Gasteiger partial charge in [-0.3, -0.25) is 0 Å². The second kappa shape index (κ2) is 6.25. The molecule has 0 aliphatic rings. The molecule has 1 N–H and O–H groups in total. The Kier molecular flexibility index (Phi) is 5.20. The van der Waals surface area contributed by atoms with Crippen LogP contribution in [0.25, 0.3) is 0 Å². The Bertz CT molecular complexity index is 430. The van der Waals surface area contributed by atoms with Gasteiger partial charge in [-0.2, -0.15) is 13.2 Å². The van der Waals surface area contributed by atoms with Crippen LogP contribution in [0.3, 0.4) is 0 Å². The molecule has 0 amide bonds. The van der Waals surface area contributed by atoms with E-state index in [1.165, 1.54) is 7.11 Å². The Morgan fingerprint density at radius 1 is 1.21 bits per heavy atom. The Morgan fingerprint density at radius 2 is 1.84 bits per heavy atom. The van der Waals surface area contributed by atoms with Crippen LogP contribution in [0.5, 0.6) is 5.75 Å². The van der Waals surface area contributed by atoms with Gasteiger partial charge in [0.1, 0.15) is 18.5 Å². The molecule has 0 bridgehead atoms. The minimum atomic E-state index is -4.38. The maximum Gasteiger partial charge on any atom is 0.411 e. The summed E-state index contributed by atoms with van der Waals surface area (Å²) in [6, 6.07) is 3.42. The SMILES string of the molecule is COc1cc(C)c(C(O)COCC(F)(F)F)cc1C. The van der Waals surface area contributed by atoms with Crippen LogP contribution in [0.15, 0.2) is 12.1 Å². The molecule has 0 fully saturated rings. The van der Waals surface area contributed by atoms with Gasteiger partial charge in [0, 0.05) is 0 Å². The number of ether oxygens (including phenoxy) is 2. The van der Waals surface area contributed by atoms with Crippen molar-refractivity contribution >= 4 is 0 Å². The Labute approximate surface area is 110 Å². The smallest absolute Gasteiger partial charge is 0.411 e. The van der Waals surface area contributed by atoms with E-state index in [1.54, 1.807) is 26.0 Å². The highest BCUT2D eigenvalue weighted by atomic mass is 19.4. The van der Waals surface area contributed by atoms with E-state index in [2.05, 4.69) is 4.74 Å². The number of hydrogen-bond donors (Lipinski definition) is 1. The fourth-order valence-electron chi connectivity index (χ4n) is 1.77. The zero-order valence-electron chi connectivity index (χ0n) is 11.0. The number of hydrogen-bond acceptors (Lipinski definition) is 3. The van der Waals surface area contributed by atoms with Crippen molar-refractivity contribution < 1.29 is 27.8 Å². The first-order chi connectivity index (χ1) is 8.74. The maximum atomic E-state index is 11.9. The van der Waals surface area contributed by atoms with E-state index in [1.807, 2.05) is 0 Å². The molecule has 0 aromatic heterocycles. The lowest BCUT2D eigenvalue weighted by atomic mass is 10.0. The molecule has 0 saturated heterocycles. The van der Waals surface area contributed by atoms with Gasteiger partial charge in [-0.25, -0.2) is 0 Å². The summed E-state index contributed by atoms with van der Waals surface area (Å²) in [5.41, 5.74) is 2.09. The first kappa shape index (κ1) is 15.8. The lowest BCUT2D eigenvalue weighted by Crippen LogP contribution is -2.20. The van der Waals surface area contributed by atoms with E-state index < -0.39 is 25.5 Å². The van der Waals surface area contributed by atoms with Crippen molar-refractivity contribution in [1.82, 2.24) is 0 Å². The highest BCUT2D eigenvalue weighted by Crippen LogP contribution is 2.27. The van der Waals surface area contributed by atoms with Crippen molar-refractivity contribution in [1.29, 1.82) is 0 Å². The van der Waals surface area contributed by atoms with Gasteiger partial charge in [0.15, 0.2) is 0 Å². The highest BCUT2D eigenvalue weighted by molar-refractivity contribution is 5.42. The van der Waals surface area contributed by atoms with Gasteiger partial charge < -0.3 is 14.6 Å². The van der Waals surface area contributed by atoms with E-state index in [-0.39, 0.29) is 0 Å². The van der Waals surface area contributed by atoms with Crippen LogP contribution in [-0.2, 0) is 4.74 Å². The van der Waals surface area contributed by atoms with Gasteiger partial charge in [0.25, 0.3) is 0 Å². The zero-order valence-corrected chi connectivity index (χ0v) is 11.0. The molecule has 0 saturated carbocycles. The average molecular weight is 278 g/mol. The van der Waals surface area contributed by atoms with E-state index in [0.717, 1.165) is 11.1 Å². The van der Waals surface area contributed by atoms with Crippen LogP contribution in [0.2, 0.25) is 0 Å². The lowest BCUT2D eigenvalue weighted by molar-refractivity contribution is -0.179. The van der Waals surface area contributed by atoms with Crippen LogP contribution in [0.1, 0.15) is 22.8 Å². The molecule has 19 heavy (non-hydrogen) atoms. The zero-order chi connectivity index (χ0) is 14.6. The Morgan fingerprint density at radius 3 is 2.37 bits per heavy atom. The van der Waals surface area contributed by atoms with Crippen molar-refractivity contribution in [2.45, 2.75) is 26.1 Å². The van der Waals surface area contributed by atoms with Crippen molar-refractivity contribution in [2.24, 2.45) is 0 Å². The molecule has 6 heteroatoms. The minimum Gasteiger partial charge on any atom is -0.496 e. The first-order valence-corrected chi connectivity index (χ1v) is 5.72. The summed E-state index contributed by atoms with van der Waals surface area (Å²) in [5.74, 6) is 0.671. The average Bonchev–Trinajstić information content (AvgIpc) is 2.29. The molecule has 0 aliphatic heterocycles. The van der Waals surface area contributed by atoms with Gasteiger partial charge in [0.05, 0.1) is 13.7 Å². The number of aryl methyl sites for hydroxylation is 2. The largest absolute Gasteiger partial charge is 0.496 e. The normalized spacial score (nSPS) is 13.4. The van der Waals surface area contributed by atoms with Gasteiger partial charge in [-0.15, -0.1) is 0 Å². The van der Waals surface area contributed by atoms with Crippen molar-refractivity contribution in [3.8, 4) is 5.75 Å². The minimum absolute atomic E-state index is 0.397. The summed E-state index contributed by atoms with van der Waals surface area (Å²) in [6.45, 7) is 1.79. The summed E-state index contributed by atoms with van der Waals surface area (Å²) in [5, 5.41) is 9.85. The van der Waals surface area contributed by atoms with Gasteiger partial charge in [-0.05, 0) is 42.7 Å². The summed E-state index contributed by atoms with van der Waals surface area (Å²) >= 11 is 0. The number of aliphatic hydroxyl groups excluding tert-OH is 1. The van der Waals surface area contributed by atoms with Gasteiger partial charge >= 0.3 is 6.18 Å². The summed E-state index contributed by atoms with van der Waals surface area (Å²) in [4.78, 5) is 0. The van der Waals surface area contributed by atoms with E-state index in [4.69, 9.17) is 4.74 Å². The molecule has 1 atom stereocenters. The van der Waals surface area contributed by atoms with E-state index in [0.29, 0.717) is 11.3 Å². The van der Waals surface area contributed by atoms with Crippen LogP contribution in [0.4, 0.5) is 13.2 Å². The van der Waals surface area contributed by atoms with Gasteiger partial charge in [-0.1, -0.05) is 0 Å². The number of aliphatic hydroxyl groups is 1. The summed E-state index contributed by atoms with van der Waals surface area (Å²) < 4.78 is 45.4. The van der Waals surface area contributed by atoms with Gasteiger partial charge in [0.2, 0.25) is 0 Å². The Balaban J connectivity index is 2.72. The maximum absolute atomic E-state index is 11.9. The van der Waals surface area contributed by atoms with Crippen molar-refractivity contribution in [2.75, 3.05) is 20.3 Å². The molecule has 3 nitrogen and oxygen atoms in total.